The van der Waals surface area contributed by atoms with E-state index >= 15 is 0 Å². The van der Waals surface area contributed by atoms with Crippen molar-refractivity contribution in [3.8, 4) is 11.1 Å². The highest BCUT2D eigenvalue weighted by Gasteiger charge is 2.07. The van der Waals surface area contributed by atoms with E-state index in [2.05, 4.69) is 76.2 Å². The van der Waals surface area contributed by atoms with Crippen molar-refractivity contribution in [3.05, 3.63) is 59.7 Å². The summed E-state index contributed by atoms with van der Waals surface area (Å²) < 4.78 is 0. The molecule has 0 bridgehead atoms. The predicted molar refractivity (Wildman–Crippen MR) is 89.1 cm³/mol. The normalized spacial score (nSPS) is 12.7. The maximum Gasteiger partial charge on any atom is -0.0184 e. The molecular formula is C20H26. The van der Waals surface area contributed by atoms with Gasteiger partial charge in [-0.3, -0.25) is 0 Å². The van der Waals surface area contributed by atoms with Crippen molar-refractivity contribution < 1.29 is 0 Å². The Morgan fingerprint density at radius 1 is 0.700 bits per heavy atom. The van der Waals surface area contributed by atoms with Crippen LogP contribution in [0.25, 0.3) is 11.1 Å². The van der Waals surface area contributed by atoms with Crippen molar-refractivity contribution in [2.45, 2.75) is 46.5 Å². The van der Waals surface area contributed by atoms with Gasteiger partial charge in [-0.15, -0.1) is 0 Å². The Kier molecular flexibility index (Phi) is 5.00. The Labute approximate surface area is 123 Å². The van der Waals surface area contributed by atoms with Gasteiger partial charge in [-0.1, -0.05) is 81.3 Å². The van der Waals surface area contributed by atoms with Crippen LogP contribution in [-0.4, -0.2) is 0 Å². The third-order valence-corrected chi connectivity index (χ3v) is 4.04. The van der Waals surface area contributed by atoms with Crippen molar-refractivity contribution in [3.63, 3.8) is 0 Å². The summed E-state index contributed by atoms with van der Waals surface area (Å²) in [6.07, 6.45) is 2.59. The van der Waals surface area contributed by atoms with Gasteiger partial charge in [0.2, 0.25) is 0 Å². The molecule has 0 saturated carbocycles. The molecule has 0 fully saturated rings. The lowest BCUT2D eigenvalue weighted by atomic mass is 9.92. The van der Waals surface area contributed by atoms with Gasteiger partial charge in [0.25, 0.3) is 0 Å². The van der Waals surface area contributed by atoms with Crippen molar-refractivity contribution >= 4 is 0 Å². The van der Waals surface area contributed by atoms with Crippen LogP contribution in [-0.2, 0) is 0 Å². The molecule has 2 aromatic carbocycles. The Balaban J connectivity index is 2.07. The van der Waals surface area contributed by atoms with Crippen LogP contribution in [0, 0.1) is 12.8 Å². The molecule has 0 aliphatic heterocycles. The fraction of sp³-hybridized carbons (Fsp3) is 0.400. The van der Waals surface area contributed by atoms with Crippen LogP contribution >= 0.6 is 0 Å². The van der Waals surface area contributed by atoms with Gasteiger partial charge in [0, 0.05) is 0 Å². The fourth-order valence-electron chi connectivity index (χ4n) is 2.50. The molecule has 1 atom stereocenters. The van der Waals surface area contributed by atoms with Gasteiger partial charge in [-0.05, 0) is 41.9 Å². The molecular weight excluding hydrogens is 240 g/mol. The van der Waals surface area contributed by atoms with E-state index in [1.54, 1.807) is 0 Å². The lowest BCUT2D eigenvalue weighted by Gasteiger charge is -2.14. The molecule has 0 aliphatic rings. The second kappa shape index (κ2) is 6.74. The molecule has 0 aliphatic carbocycles. The van der Waals surface area contributed by atoms with Crippen LogP contribution < -0.4 is 0 Å². The van der Waals surface area contributed by atoms with E-state index in [0.29, 0.717) is 5.92 Å². The molecule has 0 amide bonds. The third-order valence-electron chi connectivity index (χ3n) is 4.04. The predicted octanol–water partition coefficient (Wildman–Crippen LogP) is 6.20. The summed E-state index contributed by atoms with van der Waals surface area (Å²) in [5.41, 5.74) is 5.39. The molecule has 0 radical (unpaired) electrons. The van der Waals surface area contributed by atoms with Crippen LogP contribution in [0.2, 0.25) is 0 Å². The molecule has 0 saturated heterocycles. The molecule has 1 unspecified atom stereocenters. The van der Waals surface area contributed by atoms with Crippen LogP contribution in [0.3, 0.4) is 0 Å². The standard InChI is InChI=1S/C20H26/c1-15(2)5-8-17(4)18-11-13-20(14-12-18)19-9-6-16(3)7-10-19/h6-7,9-15,17H,5,8H2,1-4H3. The lowest BCUT2D eigenvalue weighted by Crippen LogP contribution is -1.96. The quantitative estimate of drug-likeness (QED) is 0.604. The van der Waals surface area contributed by atoms with Crippen molar-refractivity contribution in [2.75, 3.05) is 0 Å². The van der Waals surface area contributed by atoms with Crippen molar-refractivity contribution in [1.82, 2.24) is 0 Å². The van der Waals surface area contributed by atoms with E-state index in [4.69, 9.17) is 0 Å². The Hall–Kier alpha value is -1.56. The first-order chi connectivity index (χ1) is 9.56. The highest BCUT2D eigenvalue weighted by molar-refractivity contribution is 5.64. The van der Waals surface area contributed by atoms with E-state index in [-0.39, 0.29) is 0 Å². The zero-order valence-electron chi connectivity index (χ0n) is 13.2. The van der Waals surface area contributed by atoms with Gasteiger partial charge in [0.1, 0.15) is 0 Å². The fourth-order valence-corrected chi connectivity index (χ4v) is 2.50. The van der Waals surface area contributed by atoms with Crippen molar-refractivity contribution in [2.24, 2.45) is 5.92 Å². The molecule has 106 valence electrons. The summed E-state index contributed by atoms with van der Waals surface area (Å²) in [6, 6.07) is 17.8. The van der Waals surface area contributed by atoms with Crippen LogP contribution in [0.1, 0.15) is 50.7 Å². The van der Waals surface area contributed by atoms with Crippen molar-refractivity contribution in [1.29, 1.82) is 0 Å². The zero-order chi connectivity index (χ0) is 14.5. The Bertz CT molecular complexity index is 517. The van der Waals surface area contributed by atoms with E-state index in [1.807, 2.05) is 0 Å². The molecule has 0 heteroatoms. The smallest absolute Gasteiger partial charge is 0.0184 e. The first kappa shape index (κ1) is 14.8. The van der Waals surface area contributed by atoms with Crippen LogP contribution in [0.4, 0.5) is 0 Å². The third kappa shape index (κ3) is 3.96. The SMILES string of the molecule is Cc1ccc(-c2ccc(C(C)CCC(C)C)cc2)cc1. The van der Waals surface area contributed by atoms with Crippen LogP contribution in [0.15, 0.2) is 48.5 Å². The summed E-state index contributed by atoms with van der Waals surface area (Å²) >= 11 is 0. The molecule has 0 heterocycles. The summed E-state index contributed by atoms with van der Waals surface area (Å²) in [7, 11) is 0. The lowest BCUT2D eigenvalue weighted by molar-refractivity contribution is 0.517. The minimum absolute atomic E-state index is 0.657. The summed E-state index contributed by atoms with van der Waals surface area (Å²) in [5.74, 6) is 1.45. The topological polar surface area (TPSA) is 0 Å². The zero-order valence-corrected chi connectivity index (χ0v) is 13.2. The highest BCUT2D eigenvalue weighted by Crippen LogP contribution is 2.26. The maximum atomic E-state index is 2.34. The first-order valence-corrected chi connectivity index (χ1v) is 7.73. The van der Waals surface area contributed by atoms with Gasteiger partial charge in [0.05, 0.1) is 0 Å². The summed E-state index contributed by atoms with van der Waals surface area (Å²) in [5, 5.41) is 0. The minimum Gasteiger partial charge on any atom is -0.0628 e. The highest BCUT2D eigenvalue weighted by atomic mass is 14.1. The molecule has 2 rings (SSSR count). The largest absolute Gasteiger partial charge is 0.0628 e. The molecule has 0 aromatic heterocycles. The molecule has 20 heavy (non-hydrogen) atoms. The van der Waals surface area contributed by atoms with Gasteiger partial charge in [-0.25, -0.2) is 0 Å². The molecule has 0 N–H and O–H groups in total. The van der Waals surface area contributed by atoms with Gasteiger partial charge in [0.15, 0.2) is 0 Å². The number of rotatable bonds is 5. The molecule has 0 nitrogen and oxygen atoms in total. The number of hydrogen-bond acceptors (Lipinski definition) is 0. The minimum atomic E-state index is 0.657. The van der Waals surface area contributed by atoms with Gasteiger partial charge in [-0.2, -0.15) is 0 Å². The average molecular weight is 266 g/mol. The second-order valence-electron chi connectivity index (χ2n) is 6.36. The average Bonchev–Trinajstić information content (AvgIpc) is 2.46. The molecule has 0 spiro atoms. The van der Waals surface area contributed by atoms with E-state index in [9.17, 15) is 0 Å². The monoisotopic (exact) mass is 266 g/mol. The van der Waals surface area contributed by atoms with E-state index < -0.39 is 0 Å². The van der Waals surface area contributed by atoms with E-state index in [0.717, 1.165) is 5.92 Å². The number of hydrogen-bond donors (Lipinski definition) is 0. The van der Waals surface area contributed by atoms with Gasteiger partial charge >= 0.3 is 0 Å². The number of aryl methyl sites for hydroxylation is 1. The number of benzene rings is 2. The first-order valence-electron chi connectivity index (χ1n) is 7.73. The second-order valence-corrected chi connectivity index (χ2v) is 6.36. The summed E-state index contributed by atoms with van der Waals surface area (Å²) in [6.45, 7) is 9.06. The van der Waals surface area contributed by atoms with Gasteiger partial charge < -0.3 is 0 Å². The van der Waals surface area contributed by atoms with Crippen LogP contribution in [0.5, 0.6) is 0 Å². The molecule has 2 aromatic rings. The maximum absolute atomic E-state index is 2.34. The summed E-state index contributed by atoms with van der Waals surface area (Å²) in [4.78, 5) is 0. The van der Waals surface area contributed by atoms with E-state index in [1.165, 1.54) is 35.1 Å². The Morgan fingerprint density at radius 2 is 1.20 bits per heavy atom. The Morgan fingerprint density at radius 3 is 1.70 bits per heavy atom.